The monoisotopic (exact) mass is 259 g/mol. The maximum atomic E-state index is 12.4. The Hall–Kier alpha value is -1.99. The maximum absolute atomic E-state index is 12.4. The van der Waals surface area contributed by atoms with Crippen molar-refractivity contribution in [2.24, 2.45) is 10.9 Å². The van der Waals surface area contributed by atoms with Crippen LogP contribution >= 0.6 is 0 Å². The third kappa shape index (κ3) is 2.82. The second-order valence-electron chi connectivity index (χ2n) is 3.87. The number of nitrogens with two attached hydrogens (primary N) is 1. The van der Waals surface area contributed by atoms with E-state index in [9.17, 15) is 8.78 Å². The highest BCUT2D eigenvalue weighted by Crippen LogP contribution is 2.21. The fourth-order valence-electron chi connectivity index (χ4n) is 1.51. The summed E-state index contributed by atoms with van der Waals surface area (Å²) < 4.78 is 24.7. The van der Waals surface area contributed by atoms with Crippen LogP contribution in [0.1, 0.15) is 16.8 Å². The lowest BCUT2D eigenvalue weighted by Gasteiger charge is -2.21. The van der Waals surface area contributed by atoms with E-state index < -0.39 is 13.0 Å². The van der Waals surface area contributed by atoms with Crippen LogP contribution in [0.5, 0.6) is 0 Å². The molecule has 0 aliphatic carbocycles. The van der Waals surface area contributed by atoms with Crippen LogP contribution in [0.15, 0.2) is 5.16 Å². The minimum Gasteiger partial charge on any atom is -0.409 e. The quantitative estimate of drug-likeness (QED) is 0.363. The Morgan fingerprint density at radius 1 is 1.44 bits per heavy atom. The molecule has 1 rings (SSSR count). The van der Waals surface area contributed by atoms with Crippen molar-refractivity contribution < 1.29 is 14.0 Å². The van der Waals surface area contributed by atoms with E-state index in [2.05, 4.69) is 15.4 Å². The van der Waals surface area contributed by atoms with Gasteiger partial charge in [-0.25, -0.2) is 8.78 Å². The SMILES string of the molecule is Cc1nnc(N(C)CC(F)F)c(C(N)=NO)c1C. The average molecular weight is 259 g/mol. The van der Waals surface area contributed by atoms with Crippen LogP contribution in [-0.2, 0) is 0 Å². The Balaban J connectivity index is 3.31. The van der Waals surface area contributed by atoms with E-state index in [0.717, 1.165) is 0 Å². The van der Waals surface area contributed by atoms with Crippen molar-refractivity contribution in [2.75, 3.05) is 18.5 Å². The zero-order valence-corrected chi connectivity index (χ0v) is 10.4. The highest BCUT2D eigenvalue weighted by Gasteiger charge is 2.20. The van der Waals surface area contributed by atoms with Crippen molar-refractivity contribution >= 4 is 11.7 Å². The van der Waals surface area contributed by atoms with Crippen LogP contribution in [0, 0.1) is 13.8 Å². The minimum atomic E-state index is -2.52. The fraction of sp³-hybridized carbons (Fsp3) is 0.500. The predicted octanol–water partition coefficient (Wildman–Crippen LogP) is 0.889. The van der Waals surface area contributed by atoms with Gasteiger partial charge in [-0.3, -0.25) is 0 Å². The van der Waals surface area contributed by atoms with Crippen molar-refractivity contribution in [3.63, 3.8) is 0 Å². The molecular weight excluding hydrogens is 244 g/mol. The molecule has 0 saturated carbocycles. The van der Waals surface area contributed by atoms with E-state index in [1.807, 2.05) is 0 Å². The Bertz CT molecular complexity index is 464. The van der Waals surface area contributed by atoms with Gasteiger partial charge in [0.1, 0.15) is 0 Å². The van der Waals surface area contributed by atoms with Crippen molar-refractivity contribution in [3.8, 4) is 0 Å². The van der Waals surface area contributed by atoms with Crippen LogP contribution in [0.2, 0.25) is 0 Å². The highest BCUT2D eigenvalue weighted by atomic mass is 19.3. The number of oxime groups is 1. The van der Waals surface area contributed by atoms with Crippen molar-refractivity contribution in [1.29, 1.82) is 0 Å². The van der Waals surface area contributed by atoms with Crippen LogP contribution < -0.4 is 10.6 Å². The standard InChI is InChI=1S/C10H15F2N5O/c1-5-6(2)14-15-10(8(5)9(13)16-18)17(3)4-7(11)12/h7,18H,4H2,1-3H3,(H2,13,16). The lowest BCUT2D eigenvalue weighted by molar-refractivity contribution is 0.156. The smallest absolute Gasteiger partial charge is 0.255 e. The number of hydrogen-bond donors (Lipinski definition) is 2. The third-order valence-corrected chi connectivity index (χ3v) is 2.57. The predicted molar refractivity (Wildman–Crippen MR) is 63.3 cm³/mol. The second-order valence-corrected chi connectivity index (χ2v) is 3.87. The van der Waals surface area contributed by atoms with E-state index in [-0.39, 0.29) is 11.7 Å². The molecule has 1 aromatic rings. The molecule has 0 fully saturated rings. The second kappa shape index (κ2) is 5.56. The largest absolute Gasteiger partial charge is 0.409 e. The van der Waals surface area contributed by atoms with Gasteiger partial charge in [0.2, 0.25) is 0 Å². The molecule has 18 heavy (non-hydrogen) atoms. The van der Waals surface area contributed by atoms with Crippen LogP contribution in [-0.4, -0.2) is 41.3 Å². The van der Waals surface area contributed by atoms with Crippen LogP contribution in [0.3, 0.4) is 0 Å². The molecule has 6 nitrogen and oxygen atoms in total. The van der Waals surface area contributed by atoms with Gasteiger partial charge < -0.3 is 15.8 Å². The number of alkyl halides is 2. The number of nitrogens with zero attached hydrogens (tertiary/aromatic N) is 4. The molecule has 0 atom stereocenters. The number of rotatable bonds is 4. The van der Waals surface area contributed by atoms with Crippen LogP contribution in [0.25, 0.3) is 0 Å². The van der Waals surface area contributed by atoms with Crippen LogP contribution in [0.4, 0.5) is 14.6 Å². The van der Waals surface area contributed by atoms with Gasteiger partial charge in [-0.15, -0.1) is 5.10 Å². The van der Waals surface area contributed by atoms with Gasteiger partial charge in [0.25, 0.3) is 6.43 Å². The van der Waals surface area contributed by atoms with Gasteiger partial charge in [-0.1, -0.05) is 5.16 Å². The van der Waals surface area contributed by atoms with Crippen molar-refractivity contribution in [1.82, 2.24) is 10.2 Å². The first kappa shape index (κ1) is 14.1. The summed E-state index contributed by atoms with van der Waals surface area (Å²) in [6.07, 6.45) is -2.52. The number of amidine groups is 1. The lowest BCUT2D eigenvalue weighted by atomic mass is 10.1. The van der Waals surface area contributed by atoms with Gasteiger partial charge in [0.05, 0.1) is 17.8 Å². The first-order valence-electron chi connectivity index (χ1n) is 5.19. The lowest BCUT2D eigenvalue weighted by Crippen LogP contribution is -2.29. The van der Waals surface area contributed by atoms with Gasteiger partial charge in [0, 0.05) is 7.05 Å². The topological polar surface area (TPSA) is 87.6 Å². The summed E-state index contributed by atoms with van der Waals surface area (Å²) >= 11 is 0. The zero-order chi connectivity index (χ0) is 13.9. The number of aromatic nitrogens is 2. The van der Waals surface area contributed by atoms with Gasteiger partial charge >= 0.3 is 0 Å². The molecule has 0 saturated heterocycles. The van der Waals surface area contributed by atoms with E-state index in [1.54, 1.807) is 13.8 Å². The van der Waals surface area contributed by atoms with Crippen molar-refractivity contribution in [2.45, 2.75) is 20.3 Å². The summed E-state index contributed by atoms with van der Waals surface area (Å²) in [4.78, 5) is 1.22. The molecule has 0 aromatic carbocycles. The minimum absolute atomic E-state index is 0.161. The molecule has 1 aromatic heterocycles. The number of anilines is 1. The van der Waals surface area contributed by atoms with E-state index >= 15 is 0 Å². The summed E-state index contributed by atoms with van der Waals surface area (Å²) in [5.41, 5.74) is 7.09. The maximum Gasteiger partial charge on any atom is 0.255 e. The Morgan fingerprint density at radius 2 is 2.06 bits per heavy atom. The number of halogens is 2. The normalized spacial score (nSPS) is 12.0. The molecule has 0 radical (unpaired) electrons. The average Bonchev–Trinajstić information content (AvgIpc) is 2.30. The summed E-state index contributed by atoms with van der Waals surface area (Å²) in [5.74, 6) is -0.0182. The molecule has 8 heteroatoms. The molecule has 0 amide bonds. The molecule has 3 N–H and O–H groups in total. The van der Waals surface area contributed by atoms with E-state index in [0.29, 0.717) is 16.8 Å². The van der Waals surface area contributed by atoms with Crippen molar-refractivity contribution in [3.05, 3.63) is 16.8 Å². The summed E-state index contributed by atoms with van der Waals surface area (Å²) in [5, 5.41) is 19.3. The molecule has 0 unspecified atom stereocenters. The Morgan fingerprint density at radius 3 is 2.56 bits per heavy atom. The zero-order valence-electron chi connectivity index (χ0n) is 10.4. The molecule has 0 aliphatic rings. The summed E-state index contributed by atoms with van der Waals surface area (Å²) in [7, 11) is 1.44. The number of aryl methyl sites for hydroxylation is 1. The summed E-state index contributed by atoms with van der Waals surface area (Å²) in [6, 6.07) is 0. The molecule has 1 heterocycles. The first-order chi connectivity index (χ1) is 8.38. The summed E-state index contributed by atoms with van der Waals surface area (Å²) in [6.45, 7) is 2.90. The van der Waals surface area contributed by atoms with E-state index in [1.165, 1.54) is 11.9 Å². The molecular formula is C10H15F2N5O. The van der Waals surface area contributed by atoms with Gasteiger partial charge in [-0.05, 0) is 19.4 Å². The first-order valence-corrected chi connectivity index (χ1v) is 5.19. The van der Waals surface area contributed by atoms with Gasteiger partial charge in [-0.2, -0.15) is 5.10 Å². The Labute approximate surface area is 103 Å². The molecule has 0 aliphatic heterocycles. The highest BCUT2D eigenvalue weighted by molar-refractivity contribution is 6.02. The van der Waals surface area contributed by atoms with E-state index in [4.69, 9.17) is 10.9 Å². The molecule has 0 bridgehead atoms. The fourth-order valence-corrected chi connectivity index (χ4v) is 1.51. The number of hydrogen-bond acceptors (Lipinski definition) is 5. The van der Waals surface area contributed by atoms with Gasteiger partial charge in [0.15, 0.2) is 11.7 Å². The molecule has 100 valence electrons. The Kier molecular flexibility index (Phi) is 4.35. The molecule has 0 spiro atoms. The third-order valence-electron chi connectivity index (χ3n) is 2.57.